The molecule has 2 nitrogen and oxygen atoms in total. The molecule has 0 bridgehead atoms. The van der Waals surface area contributed by atoms with E-state index in [4.69, 9.17) is 4.74 Å². The van der Waals surface area contributed by atoms with E-state index < -0.39 is 0 Å². The molecule has 1 saturated heterocycles. The molecule has 1 aliphatic heterocycles. The van der Waals surface area contributed by atoms with Gasteiger partial charge >= 0.3 is 0 Å². The zero-order valence-corrected chi connectivity index (χ0v) is 10.3. The van der Waals surface area contributed by atoms with Gasteiger partial charge in [-0.3, -0.25) is 0 Å². The molecule has 0 amide bonds. The molecular formula is C12H25NO. The maximum atomic E-state index is 5.93. The minimum Gasteiger partial charge on any atom is -0.376 e. The van der Waals surface area contributed by atoms with Gasteiger partial charge in [0.15, 0.2) is 0 Å². The van der Waals surface area contributed by atoms with E-state index in [-0.39, 0.29) is 11.1 Å². The van der Waals surface area contributed by atoms with Crippen molar-refractivity contribution < 1.29 is 4.74 Å². The molecule has 0 radical (unpaired) electrons. The number of ether oxygens (including phenoxy) is 1. The molecule has 0 aromatic heterocycles. The highest BCUT2D eigenvalue weighted by Gasteiger charge is 2.44. The summed E-state index contributed by atoms with van der Waals surface area (Å²) in [4.78, 5) is 0. The molecule has 1 rings (SSSR count). The Hall–Kier alpha value is -0.0800. The lowest BCUT2D eigenvalue weighted by Gasteiger charge is -2.28. The fraction of sp³-hybridized carbons (Fsp3) is 1.00. The third kappa shape index (κ3) is 2.96. The number of rotatable bonds is 4. The molecule has 1 heterocycles. The zero-order valence-electron chi connectivity index (χ0n) is 10.3. The Bertz CT molecular complexity index is 187. The molecule has 1 atom stereocenters. The van der Waals surface area contributed by atoms with Crippen LogP contribution in [0.5, 0.6) is 0 Å². The summed E-state index contributed by atoms with van der Waals surface area (Å²) in [6.07, 6.45) is 3.87. The highest BCUT2D eigenvalue weighted by atomic mass is 16.5. The van der Waals surface area contributed by atoms with E-state index in [9.17, 15) is 0 Å². The smallest absolute Gasteiger partial charge is 0.0768 e. The van der Waals surface area contributed by atoms with Crippen LogP contribution in [-0.4, -0.2) is 23.8 Å². The molecule has 0 aromatic rings. The van der Waals surface area contributed by atoms with Crippen LogP contribution >= 0.6 is 0 Å². The Morgan fingerprint density at radius 1 is 1.29 bits per heavy atom. The molecule has 0 saturated carbocycles. The van der Waals surface area contributed by atoms with Crippen LogP contribution in [0.2, 0.25) is 0 Å². The van der Waals surface area contributed by atoms with Gasteiger partial charge in [-0.1, -0.05) is 13.3 Å². The van der Waals surface area contributed by atoms with Crippen LogP contribution < -0.4 is 5.32 Å². The molecule has 0 spiro atoms. The quantitative estimate of drug-likeness (QED) is 0.703. The van der Waals surface area contributed by atoms with Gasteiger partial charge in [-0.05, 0) is 40.5 Å². The lowest BCUT2D eigenvalue weighted by atomic mass is 9.97. The summed E-state index contributed by atoms with van der Waals surface area (Å²) >= 11 is 0. The predicted octanol–water partition coefficient (Wildman–Crippen LogP) is 2.72. The molecule has 2 heteroatoms. The number of unbranched alkanes of at least 4 members (excludes halogenated alkanes) is 1. The predicted molar refractivity (Wildman–Crippen MR) is 60.6 cm³/mol. The first-order valence-electron chi connectivity index (χ1n) is 5.78. The number of hydrogen-bond donors (Lipinski definition) is 1. The third-order valence-electron chi connectivity index (χ3n) is 2.98. The summed E-state index contributed by atoms with van der Waals surface area (Å²) in [5.74, 6) is 0. The van der Waals surface area contributed by atoms with Crippen LogP contribution in [0, 0.1) is 0 Å². The molecule has 0 aliphatic carbocycles. The van der Waals surface area contributed by atoms with Crippen molar-refractivity contribution >= 4 is 0 Å². The van der Waals surface area contributed by atoms with Gasteiger partial charge in [-0.2, -0.15) is 0 Å². The molecule has 84 valence electrons. The second kappa shape index (κ2) is 4.19. The van der Waals surface area contributed by atoms with E-state index in [0.29, 0.717) is 6.10 Å². The Balaban J connectivity index is 2.44. The number of nitrogens with one attached hydrogen (secondary N) is 1. The Labute approximate surface area is 88.4 Å². The lowest BCUT2D eigenvalue weighted by molar-refractivity contribution is 0.0184. The van der Waals surface area contributed by atoms with Gasteiger partial charge in [0.05, 0.1) is 6.10 Å². The monoisotopic (exact) mass is 199 g/mol. The molecule has 1 unspecified atom stereocenters. The van der Waals surface area contributed by atoms with Gasteiger partial charge < -0.3 is 10.1 Å². The Morgan fingerprint density at radius 2 is 1.93 bits per heavy atom. The van der Waals surface area contributed by atoms with Crippen molar-refractivity contribution in [3.63, 3.8) is 0 Å². The summed E-state index contributed by atoms with van der Waals surface area (Å²) < 4.78 is 5.93. The van der Waals surface area contributed by atoms with Gasteiger partial charge in [0.25, 0.3) is 0 Å². The average molecular weight is 199 g/mol. The van der Waals surface area contributed by atoms with Gasteiger partial charge in [-0.15, -0.1) is 0 Å². The summed E-state index contributed by atoms with van der Waals surface area (Å²) in [7, 11) is 0. The second-order valence-corrected chi connectivity index (χ2v) is 5.65. The Kier molecular flexibility index (Phi) is 3.59. The number of hydrogen-bond acceptors (Lipinski definition) is 2. The van der Waals surface area contributed by atoms with E-state index in [1.54, 1.807) is 0 Å². The van der Waals surface area contributed by atoms with E-state index in [2.05, 4.69) is 39.9 Å². The topological polar surface area (TPSA) is 21.3 Å². The summed E-state index contributed by atoms with van der Waals surface area (Å²) in [5.41, 5.74) is 0.345. The van der Waals surface area contributed by atoms with Gasteiger partial charge in [0, 0.05) is 17.7 Å². The molecule has 1 fully saturated rings. The van der Waals surface area contributed by atoms with E-state index >= 15 is 0 Å². The highest BCUT2D eigenvalue weighted by molar-refractivity contribution is 5.04. The first kappa shape index (κ1) is 12.0. The van der Waals surface area contributed by atoms with Crippen LogP contribution in [-0.2, 0) is 4.74 Å². The summed E-state index contributed by atoms with van der Waals surface area (Å²) in [6.45, 7) is 12.1. The fourth-order valence-corrected chi connectivity index (χ4v) is 2.36. The molecule has 14 heavy (non-hydrogen) atoms. The van der Waals surface area contributed by atoms with Crippen molar-refractivity contribution in [2.45, 2.75) is 71.1 Å². The summed E-state index contributed by atoms with van der Waals surface area (Å²) in [5, 5.41) is 3.62. The van der Waals surface area contributed by atoms with E-state index in [1.807, 2.05) is 0 Å². The van der Waals surface area contributed by atoms with Crippen LogP contribution in [0.1, 0.15) is 53.9 Å². The van der Waals surface area contributed by atoms with Crippen LogP contribution in [0.25, 0.3) is 0 Å². The third-order valence-corrected chi connectivity index (χ3v) is 2.98. The van der Waals surface area contributed by atoms with E-state index in [0.717, 1.165) is 13.0 Å². The van der Waals surface area contributed by atoms with Crippen molar-refractivity contribution in [1.29, 1.82) is 0 Å². The minimum absolute atomic E-state index is 0.122. The van der Waals surface area contributed by atoms with Crippen LogP contribution in [0.4, 0.5) is 0 Å². The van der Waals surface area contributed by atoms with Gasteiger partial charge in [0.1, 0.15) is 0 Å². The second-order valence-electron chi connectivity index (χ2n) is 5.65. The maximum absolute atomic E-state index is 5.93. The van der Waals surface area contributed by atoms with Crippen molar-refractivity contribution in [1.82, 2.24) is 5.32 Å². The van der Waals surface area contributed by atoms with Gasteiger partial charge in [-0.25, -0.2) is 0 Å². The first-order chi connectivity index (χ1) is 6.37. The normalized spacial score (nSPS) is 29.4. The van der Waals surface area contributed by atoms with Crippen molar-refractivity contribution in [3.8, 4) is 0 Å². The van der Waals surface area contributed by atoms with Crippen molar-refractivity contribution in [2.75, 3.05) is 6.61 Å². The SMILES string of the molecule is CCCCOC1CC(C)(C)NC1(C)C. The summed E-state index contributed by atoms with van der Waals surface area (Å²) in [6, 6.07) is 0. The minimum atomic E-state index is 0.122. The highest BCUT2D eigenvalue weighted by Crippen LogP contribution is 2.32. The van der Waals surface area contributed by atoms with Crippen molar-refractivity contribution in [3.05, 3.63) is 0 Å². The van der Waals surface area contributed by atoms with Crippen LogP contribution in [0.15, 0.2) is 0 Å². The van der Waals surface area contributed by atoms with E-state index in [1.165, 1.54) is 12.8 Å². The zero-order chi connectivity index (χ0) is 10.8. The average Bonchev–Trinajstić information content (AvgIpc) is 2.20. The lowest BCUT2D eigenvalue weighted by Crippen LogP contribution is -2.47. The van der Waals surface area contributed by atoms with Crippen LogP contribution in [0.3, 0.4) is 0 Å². The molecule has 0 aromatic carbocycles. The largest absolute Gasteiger partial charge is 0.376 e. The van der Waals surface area contributed by atoms with Gasteiger partial charge in [0.2, 0.25) is 0 Å². The molecule has 1 aliphatic rings. The fourth-order valence-electron chi connectivity index (χ4n) is 2.36. The Morgan fingerprint density at radius 3 is 2.36 bits per heavy atom. The first-order valence-corrected chi connectivity index (χ1v) is 5.78. The standard InChI is InChI=1S/C12H25NO/c1-6-7-8-14-10-9-11(2,3)13-12(10,4)5/h10,13H,6-9H2,1-5H3. The van der Waals surface area contributed by atoms with Crippen molar-refractivity contribution in [2.24, 2.45) is 0 Å². The molecular weight excluding hydrogens is 174 g/mol. The maximum Gasteiger partial charge on any atom is 0.0768 e. The molecule has 1 N–H and O–H groups in total.